The Morgan fingerprint density at radius 1 is 1.29 bits per heavy atom. The minimum absolute atomic E-state index is 0.241. The monoisotopic (exact) mass is 227 g/mol. The zero-order valence-corrected chi connectivity index (χ0v) is 8.81. The van der Waals surface area contributed by atoms with Gasteiger partial charge < -0.3 is 15.9 Å². The Bertz CT molecular complexity index is 746. The lowest BCUT2D eigenvalue weighted by Crippen LogP contribution is -2.12. The van der Waals surface area contributed by atoms with Crippen molar-refractivity contribution in [3.8, 4) is 0 Å². The first-order chi connectivity index (χ1) is 8.18. The molecule has 0 spiro atoms. The van der Waals surface area contributed by atoms with Crippen LogP contribution >= 0.6 is 0 Å². The summed E-state index contributed by atoms with van der Waals surface area (Å²) in [6.07, 6.45) is 1.34. The quantitative estimate of drug-likeness (QED) is 0.660. The molecule has 2 aromatic heterocycles. The number of benzene rings is 1. The number of amides is 1. The molecule has 0 atom stereocenters. The molecule has 3 aromatic rings. The number of hydrogen-bond donors (Lipinski definition) is 2. The van der Waals surface area contributed by atoms with Crippen LogP contribution in [-0.2, 0) is 0 Å². The number of furan rings is 1. The van der Waals surface area contributed by atoms with Gasteiger partial charge in [-0.15, -0.1) is 0 Å². The predicted molar refractivity (Wildman–Crippen MR) is 64.4 cm³/mol. The van der Waals surface area contributed by atoms with Crippen LogP contribution < -0.4 is 11.5 Å². The van der Waals surface area contributed by atoms with E-state index in [1.54, 1.807) is 6.07 Å². The number of nitrogens with two attached hydrogens (primary N) is 2. The number of nitrogen functional groups attached to an aromatic ring is 1. The molecule has 1 amide bonds. The van der Waals surface area contributed by atoms with E-state index >= 15 is 0 Å². The van der Waals surface area contributed by atoms with E-state index in [9.17, 15) is 4.79 Å². The Balaban J connectivity index is 2.58. The molecule has 84 valence electrons. The number of carbonyl (C=O) groups is 1. The number of para-hydroxylation sites is 1. The molecule has 0 saturated heterocycles. The highest BCUT2D eigenvalue weighted by molar-refractivity contribution is 6.16. The highest BCUT2D eigenvalue weighted by Gasteiger charge is 2.16. The Hall–Kier alpha value is -2.56. The third-order valence-corrected chi connectivity index (χ3v) is 2.69. The van der Waals surface area contributed by atoms with E-state index in [0.717, 1.165) is 5.39 Å². The topological polar surface area (TPSA) is 95.1 Å². The van der Waals surface area contributed by atoms with Crippen molar-refractivity contribution in [1.29, 1.82) is 0 Å². The molecule has 4 N–H and O–H groups in total. The maximum absolute atomic E-state index is 11.3. The number of fused-ring (bicyclic) bond motifs is 3. The summed E-state index contributed by atoms with van der Waals surface area (Å²) >= 11 is 0. The summed E-state index contributed by atoms with van der Waals surface area (Å²) in [6.45, 7) is 0. The summed E-state index contributed by atoms with van der Waals surface area (Å²) in [6, 6.07) is 7.38. The normalized spacial score (nSPS) is 11.1. The second-order valence-electron chi connectivity index (χ2n) is 3.72. The SMILES string of the molecule is NC(=O)c1cnc(N)c2c1oc1ccccc12. The zero-order valence-electron chi connectivity index (χ0n) is 8.81. The van der Waals surface area contributed by atoms with Crippen LogP contribution in [0.4, 0.5) is 5.82 Å². The second kappa shape index (κ2) is 3.21. The summed E-state index contributed by atoms with van der Waals surface area (Å²) in [5.41, 5.74) is 12.4. The fourth-order valence-corrected chi connectivity index (χ4v) is 1.92. The third kappa shape index (κ3) is 1.25. The van der Waals surface area contributed by atoms with Gasteiger partial charge in [0.2, 0.25) is 0 Å². The molecule has 2 heterocycles. The molecule has 0 aliphatic heterocycles. The van der Waals surface area contributed by atoms with Crippen LogP contribution in [0.5, 0.6) is 0 Å². The van der Waals surface area contributed by atoms with Crippen LogP contribution in [0.25, 0.3) is 21.9 Å². The average molecular weight is 227 g/mol. The lowest BCUT2D eigenvalue weighted by molar-refractivity contribution is 0.100. The van der Waals surface area contributed by atoms with Crippen LogP contribution in [-0.4, -0.2) is 10.9 Å². The van der Waals surface area contributed by atoms with E-state index in [1.807, 2.05) is 18.2 Å². The van der Waals surface area contributed by atoms with Gasteiger partial charge in [-0.1, -0.05) is 18.2 Å². The van der Waals surface area contributed by atoms with Gasteiger partial charge in [-0.2, -0.15) is 0 Å². The van der Waals surface area contributed by atoms with Gasteiger partial charge in [-0.05, 0) is 6.07 Å². The van der Waals surface area contributed by atoms with Crippen LogP contribution in [0.3, 0.4) is 0 Å². The molecule has 0 bridgehead atoms. The summed E-state index contributed by atoms with van der Waals surface area (Å²) in [7, 11) is 0. The molecule has 17 heavy (non-hydrogen) atoms. The van der Waals surface area contributed by atoms with E-state index in [2.05, 4.69) is 4.98 Å². The zero-order chi connectivity index (χ0) is 12.0. The maximum atomic E-state index is 11.3. The molecule has 0 aliphatic rings. The number of nitrogens with zero attached hydrogens (tertiary/aromatic N) is 1. The molecule has 0 saturated carbocycles. The van der Waals surface area contributed by atoms with Crippen LogP contribution in [0.1, 0.15) is 10.4 Å². The van der Waals surface area contributed by atoms with Gasteiger partial charge in [0.1, 0.15) is 17.0 Å². The van der Waals surface area contributed by atoms with Gasteiger partial charge in [-0.25, -0.2) is 4.98 Å². The molecular formula is C12H9N3O2. The highest BCUT2D eigenvalue weighted by atomic mass is 16.3. The van der Waals surface area contributed by atoms with Crippen molar-refractivity contribution in [3.63, 3.8) is 0 Å². The van der Waals surface area contributed by atoms with Gasteiger partial charge in [-0.3, -0.25) is 4.79 Å². The first-order valence-corrected chi connectivity index (χ1v) is 5.04. The molecule has 3 rings (SSSR count). The summed E-state index contributed by atoms with van der Waals surface area (Å²) < 4.78 is 5.60. The lowest BCUT2D eigenvalue weighted by Gasteiger charge is -1.98. The molecule has 0 unspecified atom stereocenters. The Morgan fingerprint density at radius 2 is 2.06 bits per heavy atom. The van der Waals surface area contributed by atoms with Gasteiger partial charge in [0.25, 0.3) is 5.91 Å². The number of aromatic nitrogens is 1. The highest BCUT2D eigenvalue weighted by Crippen LogP contribution is 2.33. The second-order valence-corrected chi connectivity index (χ2v) is 3.72. The van der Waals surface area contributed by atoms with Crippen molar-refractivity contribution in [3.05, 3.63) is 36.0 Å². The molecule has 5 nitrogen and oxygen atoms in total. The van der Waals surface area contributed by atoms with Gasteiger partial charge in [0, 0.05) is 11.6 Å². The van der Waals surface area contributed by atoms with Crippen molar-refractivity contribution < 1.29 is 9.21 Å². The van der Waals surface area contributed by atoms with Crippen LogP contribution in [0, 0.1) is 0 Å². The minimum Gasteiger partial charge on any atom is -0.455 e. The summed E-state index contributed by atoms with van der Waals surface area (Å²) in [4.78, 5) is 15.3. The van der Waals surface area contributed by atoms with Crippen LogP contribution in [0.2, 0.25) is 0 Å². The number of carbonyl (C=O) groups excluding carboxylic acids is 1. The number of hydrogen-bond acceptors (Lipinski definition) is 4. The maximum Gasteiger partial charge on any atom is 0.254 e. The summed E-state index contributed by atoms with van der Waals surface area (Å²) in [5, 5.41) is 1.47. The number of rotatable bonds is 1. The fourth-order valence-electron chi connectivity index (χ4n) is 1.92. The first kappa shape index (κ1) is 9.65. The van der Waals surface area contributed by atoms with Crippen molar-refractivity contribution in [2.75, 3.05) is 5.73 Å². The predicted octanol–water partition coefficient (Wildman–Crippen LogP) is 1.66. The van der Waals surface area contributed by atoms with E-state index in [-0.39, 0.29) is 5.56 Å². The smallest absolute Gasteiger partial charge is 0.254 e. The van der Waals surface area contributed by atoms with Crippen molar-refractivity contribution in [2.24, 2.45) is 5.73 Å². The fraction of sp³-hybridized carbons (Fsp3) is 0. The summed E-state index contributed by atoms with van der Waals surface area (Å²) in [5.74, 6) is -0.253. The molecule has 5 heteroatoms. The molecule has 0 aliphatic carbocycles. The number of primary amides is 1. The van der Waals surface area contributed by atoms with Gasteiger partial charge >= 0.3 is 0 Å². The standard InChI is InChI=1S/C12H9N3O2/c13-11-9-6-3-1-2-4-8(6)17-10(9)7(5-15-11)12(14)16/h1-5H,(H2,13,15)(H2,14,16). The van der Waals surface area contributed by atoms with E-state index in [4.69, 9.17) is 15.9 Å². The molecule has 1 aromatic carbocycles. The number of pyridine rings is 1. The molecule has 0 fully saturated rings. The van der Waals surface area contributed by atoms with E-state index < -0.39 is 5.91 Å². The molecular weight excluding hydrogens is 218 g/mol. The third-order valence-electron chi connectivity index (χ3n) is 2.69. The van der Waals surface area contributed by atoms with Crippen molar-refractivity contribution >= 4 is 33.7 Å². The first-order valence-electron chi connectivity index (χ1n) is 5.04. The Morgan fingerprint density at radius 3 is 2.82 bits per heavy atom. The Kier molecular flexibility index (Phi) is 1.82. The van der Waals surface area contributed by atoms with Gasteiger partial charge in [0.15, 0.2) is 5.58 Å². The van der Waals surface area contributed by atoms with Gasteiger partial charge in [0.05, 0.1) is 5.39 Å². The minimum atomic E-state index is -0.582. The molecule has 0 radical (unpaired) electrons. The van der Waals surface area contributed by atoms with E-state index in [0.29, 0.717) is 22.4 Å². The van der Waals surface area contributed by atoms with Crippen LogP contribution in [0.15, 0.2) is 34.9 Å². The lowest BCUT2D eigenvalue weighted by atomic mass is 10.1. The largest absolute Gasteiger partial charge is 0.455 e. The average Bonchev–Trinajstić information content (AvgIpc) is 2.68. The van der Waals surface area contributed by atoms with Crippen molar-refractivity contribution in [1.82, 2.24) is 4.98 Å². The number of anilines is 1. The van der Waals surface area contributed by atoms with Crippen molar-refractivity contribution in [2.45, 2.75) is 0 Å². The Labute approximate surface area is 96.0 Å². The van der Waals surface area contributed by atoms with E-state index in [1.165, 1.54) is 6.20 Å².